The van der Waals surface area contributed by atoms with Crippen LogP contribution in [0.2, 0.25) is 0 Å². The summed E-state index contributed by atoms with van der Waals surface area (Å²) in [7, 11) is -3.30. The van der Waals surface area contributed by atoms with Gasteiger partial charge in [0.25, 0.3) is 0 Å². The molecule has 2 aromatic carbocycles. The van der Waals surface area contributed by atoms with Crippen molar-refractivity contribution in [3.8, 4) is 0 Å². The molecule has 0 bridgehead atoms. The van der Waals surface area contributed by atoms with Gasteiger partial charge in [0.1, 0.15) is 0 Å². The molecule has 0 aromatic heterocycles. The second-order valence-corrected chi connectivity index (χ2v) is 6.89. The van der Waals surface area contributed by atoms with E-state index >= 15 is 0 Å². The van der Waals surface area contributed by atoms with Gasteiger partial charge in [0, 0.05) is 0 Å². The molecule has 0 N–H and O–H groups in total. The molecule has 0 saturated carbocycles. The van der Waals surface area contributed by atoms with Gasteiger partial charge < -0.3 is 4.74 Å². The van der Waals surface area contributed by atoms with Crippen LogP contribution >= 0.6 is 0 Å². The van der Waals surface area contributed by atoms with E-state index in [9.17, 15) is 13.2 Å². The van der Waals surface area contributed by atoms with Crippen LogP contribution in [0.3, 0.4) is 0 Å². The Morgan fingerprint density at radius 3 is 2.17 bits per heavy atom. The monoisotopic (exact) mass is 330 g/mol. The molecule has 0 radical (unpaired) electrons. The summed E-state index contributed by atoms with van der Waals surface area (Å²) >= 11 is 0. The number of benzene rings is 2. The second kappa shape index (κ2) is 8.29. The smallest absolute Gasteiger partial charge is 0.338 e. The normalized spacial score (nSPS) is 11.5. The molecule has 0 heterocycles. The van der Waals surface area contributed by atoms with Crippen molar-refractivity contribution < 1.29 is 17.9 Å². The highest BCUT2D eigenvalue weighted by molar-refractivity contribution is 7.91. The summed E-state index contributed by atoms with van der Waals surface area (Å²) in [4.78, 5) is 12.0. The molecular weight excluding hydrogens is 312 g/mol. The second-order valence-electron chi connectivity index (χ2n) is 4.86. The summed E-state index contributed by atoms with van der Waals surface area (Å²) in [5.41, 5.74) is 0.503. The molecular formula is C18H18O4S. The molecule has 120 valence electrons. The largest absolute Gasteiger partial charge is 0.462 e. The maximum absolute atomic E-state index is 12.0. The minimum atomic E-state index is -3.30. The Balaban J connectivity index is 1.74. The number of ether oxygens (including phenoxy) is 1. The highest BCUT2D eigenvalue weighted by atomic mass is 32.2. The van der Waals surface area contributed by atoms with Crippen molar-refractivity contribution in [3.63, 3.8) is 0 Å². The molecule has 0 fully saturated rings. The van der Waals surface area contributed by atoms with Crippen LogP contribution in [0, 0.1) is 0 Å². The van der Waals surface area contributed by atoms with Crippen molar-refractivity contribution in [1.29, 1.82) is 0 Å². The van der Waals surface area contributed by atoms with Crippen LogP contribution in [0.15, 0.2) is 77.7 Å². The van der Waals surface area contributed by atoms with Crippen LogP contribution in [-0.2, 0) is 14.6 Å². The molecule has 0 unspecified atom stereocenters. The number of hydrogen-bond donors (Lipinski definition) is 0. The third-order valence-electron chi connectivity index (χ3n) is 3.11. The molecule has 0 saturated heterocycles. The molecule has 2 aromatic rings. The number of sulfone groups is 1. The van der Waals surface area contributed by atoms with Crippen LogP contribution < -0.4 is 0 Å². The predicted molar refractivity (Wildman–Crippen MR) is 89.0 cm³/mol. The summed E-state index contributed by atoms with van der Waals surface area (Å²) in [6.45, 7) is 0.218. The SMILES string of the molecule is O=C(OCC/C=C/CS(=O)(=O)c1ccccc1)c1ccccc1. The number of carbonyl (C=O) groups excluding carboxylic acids is 1. The van der Waals surface area contributed by atoms with Crippen molar-refractivity contribution in [2.45, 2.75) is 11.3 Å². The van der Waals surface area contributed by atoms with E-state index in [0.29, 0.717) is 16.9 Å². The Hall–Kier alpha value is -2.40. The Morgan fingerprint density at radius 2 is 1.52 bits per heavy atom. The fourth-order valence-electron chi connectivity index (χ4n) is 1.91. The average molecular weight is 330 g/mol. The maximum atomic E-state index is 12.0. The zero-order valence-electron chi connectivity index (χ0n) is 12.6. The van der Waals surface area contributed by atoms with Crippen molar-refractivity contribution in [2.24, 2.45) is 0 Å². The standard InChI is InChI=1S/C18H18O4S/c19-18(16-10-4-1-5-11-16)22-14-8-3-9-15-23(20,21)17-12-6-2-7-13-17/h1-7,9-13H,8,14-15H2/b9-3+. The zero-order chi connectivity index (χ0) is 16.5. The Morgan fingerprint density at radius 1 is 0.913 bits per heavy atom. The molecule has 5 heteroatoms. The lowest BCUT2D eigenvalue weighted by Crippen LogP contribution is -2.06. The van der Waals surface area contributed by atoms with E-state index in [1.165, 1.54) is 0 Å². The molecule has 0 aliphatic rings. The molecule has 0 atom stereocenters. The fourth-order valence-corrected chi connectivity index (χ4v) is 3.07. The van der Waals surface area contributed by atoms with Gasteiger partial charge in [0.15, 0.2) is 9.84 Å². The maximum Gasteiger partial charge on any atom is 0.338 e. The van der Waals surface area contributed by atoms with E-state index in [-0.39, 0.29) is 18.3 Å². The van der Waals surface area contributed by atoms with Gasteiger partial charge in [-0.25, -0.2) is 13.2 Å². The fraction of sp³-hybridized carbons (Fsp3) is 0.167. The third kappa shape index (κ3) is 5.38. The lowest BCUT2D eigenvalue weighted by molar-refractivity contribution is 0.0511. The first-order chi connectivity index (χ1) is 11.1. The topological polar surface area (TPSA) is 60.4 Å². The molecule has 23 heavy (non-hydrogen) atoms. The van der Waals surface area contributed by atoms with E-state index in [1.807, 2.05) is 6.07 Å². The average Bonchev–Trinajstić information content (AvgIpc) is 2.59. The number of esters is 1. The highest BCUT2D eigenvalue weighted by Gasteiger charge is 2.10. The van der Waals surface area contributed by atoms with Crippen LogP contribution in [0.4, 0.5) is 0 Å². The van der Waals surface area contributed by atoms with Crippen molar-refractivity contribution in [2.75, 3.05) is 12.4 Å². The van der Waals surface area contributed by atoms with E-state index in [0.717, 1.165) is 0 Å². The van der Waals surface area contributed by atoms with Crippen LogP contribution in [0.25, 0.3) is 0 Å². The number of carbonyl (C=O) groups is 1. The van der Waals surface area contributed by atoms with Crippen LogP contribution in [-0.4, -0.2) is 26.7 Å². The highest BCUT2D eigenvalue weighted by Crippen LogP contribution is 2.10. The van der Waals surface area contributed by atoms with Gasteiger partial charge in [-0.05, 0) is 30.7 Å². The summed E-state index contributed by atoms with van der Waals surface area (Å²) in [6, 6.07) is 17.0. The van der Waals surface area contributed by atoms with Crippen LogP contribution in [0.5, 0.6) is 0 Å². The first-order valence-electron chi connectivity index (χ1n) is 7.24. The van der Waals surface area contributed by atoms with E-state index in [4.69, 9.17) is 4.74 Å². The van der Waals surface area contributed by atoms with Gasteiger partial charge in [-0.15, -0.1) is 0 Å². The Bertz CT molecular complexity index is 750. The third-order valence-corrected chi connectivity index (χ3v) is 4.73. The number of hydrogen-bond acceptors (Lipinski definition) is 4. The van der Waals surface area contributed by atoms with Crippen LogP contribution in [0.1, 0.15) is 16.8 Å². The lowest BCUT2D eigenvalue weighted by Gasteiger charge is -2.03. The van der Waals surface area contributed by atoms with Gasteiger partial charge in [-0.1, -0.05) is 48.6 Å². The summed E-state index contributed by atoms with van der Waals surface area (Å²) in [6.07, 6.45) is 3.76. The Kier molecular flexibility index (Phi) is 6.11. The minimum Gasteiger partial charge on any atom is -0.462 e. The van der Waals surface area contributed by atoms with Gasteiger partial charge >= 0.3 is 5.97 Å². The van der Waals surface area contributed by atoms with Gasteiger partial charge in [0.05, 0.1) is 22.8 Å². The Labute approximate surface area is 136 Å². The first-order valence-corrected chi connectivity index (χ1v) is 8.90. The van der Waals surface area contributed by atoms with Gasteiger partial charge in [0.2, 0.25) is 0 Å². The first kappa shape index (κ1) is 17.0. The quantitative estimate of drug-likeness (QED) is 0.444. The molecule has 0 aliphatic heterocycles. The molecule has 4 nitrogen and oxygen atoms in total. The molecule has 0 spiro atoms. The van der Waals surface area contributed by atoms with Crippen molar-refractivity contribution in [1.82, 2.24) is 0 Å². The summed E-state index contributed by atoms with van der Waals surface area (Å²) < 4.78 is 29.1. The van der Waals surface area contributed by atoms with E-state index in [2.05, 4.69) is 0 Å². The summed E-state index contributed by atoms with van der Waals surface area (Å²) in [5, 5.41) is 0. The van der Waals surface area contributed by atoms with E-state index in [1.54, 1.807) is 66.7 Å². The molecule has 0 amide bonds. The number of rotatable bonds is 7. The lowest BCUT2D eigenvalue weighted by atomic mass is 10.2. The molecule has 0 aliphatic carbocycles. The van der Waals surface area contributed by atoms with Crippen molar-refractivity contribution >= 4 is 15.8 Å². The van der Waals surface area contributed by atoms with E-state index < -0.39 is 9.84 Å². The summed E-state index contributed by atoms with van der Waals surface area (Å²) in [5.74, 6) is -0.445. The van der Waals surface area contributed by atoms with Gasteiger partial charge in [-0.2, -0.15) is 0 Å². The minimum absolute atomic E-state index is 0.0658. The molecule has 2 rings (SSSR count). The van der Waals surface area contributed by atoms with Gasteiger partial charge in [-0.3, -0.25) is 0 Å². The van der Waals surface area contributed by atoms with Crippen molar-refractivity contribution in [3.05, 3.63) is 78.4 Å². The predicted octanol–water partition coefficient (Wildman–Crippen LogP) is 3.26. The zero-order valence-corrected chi connectivity index (χ0v) is 13.4.